The molecule has 1 N–H and O–H groups in total. The summed E-state index contributed by atoms with van der Waals surface area (Å²) >= 11 is 3.45. The largest absolute Gasteiger partial charge is 0.395 e. The van der Waals surface area contributed by atoms with E-state index in [0.717, 1.165) is 4.47 Å². The van der Waals surface area contributed by atoms with Gasteiger partial charge in [0.15, 0.2) is 0 Å². The van der Waals surface area contributed by atoms with Crippen LogP contribution in [-0.4, -0.2) is 24.9 Å². The van der Waals surface area contributed by atoms with Crippen molar-refractivity contribution in [2.75, 3.05) is 19.8 Å². The maximum absolute atomic E-state index is 9.41. The number of aliphatic hydroxyl groups is 1. The van der Waals surface area contributed by atoms with Crippen LogP contribution in [0.15, 0.2) is 22.7 Å². The summed E-state index contributed by atoms with van der Waals surface area (Å²) in [6, 6.07) is 6.16. The minimum atomic E-state index is -0.159. The van der Waals surface area contributed by atoms with E-state index in [1.165, 1.54) is 11.1 Å². The molecule has 0 saturated carbocycles. The standard InChI is InChI=1S/C11H13BrO2/c1-8-2-3-9(12)4-10(8)11(5-13)6-14-7-11/h2-4,13H,5-7H2,1H3. The van der Waals surface area contributed by atoms with E-state index in [-0.39, 0.29) is 12.0 Å². The molecule has 0 aliphatic carbocycles. The summed E-state index contributed by atoms with van der Waals surface area (Å²) in [5.41, 5.74) is 2.25. The monoisotopic (exact) mass is 256 g/mol. The van der Waals surface area contributed by atoms with Crippen molar-refractivity contribution in [1.29, 1.82) is 0 Å². The second-order valence-corrected chi connectivity index (χ2v) is 4.81. The van der Waals surface area contributed by atoms with Gasteiger partial charge in [-0.1, -0.05) is 22.0 Å². The van der Waals surface area contributed by atoms with E-state index in [4.69, 9.17) is 4.74 Å². The highest BCUT2D eigenvalue weighted by molar-refractivity contribution is 9.10. The summed E-state index contributed by atoms with van der Waals surface area (Å²) in [4.78, 5) is 0. The molecule has 1 heterocycles. The Morgan fingerprint density at radius 2 is 2.21 bits per heavy atom. The van der Waals surface area contributed by atoms with Gasteiger partial charge in [-0.25, -0.2) is 0 Å². The average molecular weight is 257 g/mol. The normalized spacial score (nSPS) is 19.1. The number of ether oxygens (including phenoxy) is 1. The Balaban J connectivity index is 2.43. The predicted octanol–water partition coefficient (Wildman–Crippen LogP) is 2.02. The van der Waals surface area contributed by atoms with Crippen molar-refractivity contribution in [2.24, 2.45) is 0 Å². The SMILES string of the molecule is Cc1ccc(Br)cc1C1(CO)COC1. The van der Waals surface area contributed by atoms with Crippen LogP contribution >= 0.6 is 15.9 Å². The molecule has 1 saturated heterocycles. The number of hydrogen-bond acceptors (Lipinski definition) is 2. The number of rotatable bonds is 2. The summed E-state index contributed by atoms with van der Waals surface area (Å²) in [5, 5.41) is 9.41. The number of halogens is 1. The quantitative estimate of drug-likeness (QED) is 0.878. The highest BCUT2D eigenvalue weighted by atomic mass is 79.9. The second-order valence-electron chi connectivity index (χ2n) is 3.89. The highest BCUT2D eigenvalue weighted by Crippen LogP contribution is 2.35. The summed E-state index contributed by atoms with van der Waals surface area (Å²) in [6.45, 7) is 3.48. The molecule has 1 aliphatic heterocycles. The lowest BCUT2D eigenvalue weighted by Crippen LogP contribution is -2.50. The molecule has 14 heavy (non-hydrogen) atoms. The zero-order chi connectivity index (χ0) is 10.2. The van der Waals surface area contributed by atoms with Crippen molar-refractivity contribution >= 4 is 15.9 Å². The van der Waals surface area contributed by atoms with Crippen molar-refractivity contribution in [1.82, 2.24) is 0 Å². The van der Waals surface area contributed by atoms with Gasteiger partial charge in [0.2, 0.25) is 0 Å². The van der Waals surface area contributed by atoms with E-state index in [2.05, 4.69) is 35.0 Å². The lowest BCUT2D eigenvalue weighted by atomic mass is 9.77. The molecule has 2 rings (SSSR count). The summed E-state index contributed by atoms with van der Waals surface area (Å²) < 4.78 is 6.26. The summed E-state index contributed by atoms with van der Waals surface area (Å²) in [6.07, 6.45) is 0. The Labute approximate surface area is 92.0 Å². The minimum Gasteiger partial charge on any atom is -0.395 e. The fraction of sp³-hybridized carbons (Fsp3) is 0.455. The van der Waals surface area contributed by atoms with Crippen LogP contribution in [0, 0.1) is 6.92 Å². The molecule has 0 unspecified atom stereocenters. The Hall–Kier alpha value is -0.380. The number of benzene rings is 1. The van der Waals surface area contributed by atoms with Gasteiger partial charge in [0.05, 0.1) is 25.2 Å². The third-order valence-electron chi connectivity index (χ3n) is 2.83. The molecule has 0 amide bonds. The first-order valence-corrected chi connectivity index (χ1v) is 5.42. The molecule has 3 heteroatoms. The lowest BCUT2D eigenvalue weighted by Gasteiger charge is -2.41. The molecule has 0 atom stereocenters. The maximum Gasteiger partial charge on any atom is 0.0654 e. The first-order chi connectivity index (χ1) is 6.68. The highest BCUT2D eigenvalue weighted by Gasteiger charge is 2.40. The van der Waals surface area contributed by atoms with E-state index >= 15 is 0 Å². The first-order valence-electron chi connectivity index (χ1n) is 4.63. The third-order valence-corrected chi connectivity index (χ3v) is 3.32. The van der Waals surface area contributed by atoms with Crippen LogP contribution in [0.4, 0.5) is 0 Å². The van der Waals surface area contributed by atoms with Gasteiger partial charge in [0.1, 0.15) is 0 Å². The molecule has 1 aromatic rings. The molecule has 76 valence electrons. The Morgan fingerprint density at radius 3 is 2.71 bits per heavy atom. The fourth-order valence-corrected chi connectivity index (χ4v) is 2.21. The predicted molar refractivity (Wildman–Crippen MR) is 58.5 cm³/mol. The molecule has 1 fully saturated rings. The first kappa shape index (κ1) is 10.1. The van der Waals surface area contributed by atoms with Crippen molar-refractivity contribution in [3.63, 3.8) is 0 Å². The number of aliphatic hydroxyl groups excluding tert-OH is 1. The van der Waals surface area contributed by atoms with Crippen molar-refractivity contribution in [2.45, 2.75) is 12.3 Å². The lowest BCUT2D eigenvalue weighted by molar-refractivity contribution is -0.0844. The van der Waals surface area contributed by atoms with Gasteiger partial charge >= 0.3 is 0 Å². The molecular formula is C11H13BrO2. The second kappa shape index (κ2) is 3.65. The molecule has 1 aromatic carbocycles. The Bertz CT molecular complexity index is 340. The van der Waals surface area contributed by atoms with Crippen molar-refractivity contribution in [3.8, 4) is 0 Å². The van der Waals surface area contributed by atoms with Gasteiger partial charge < -0.3 is 9.84 Å². The minimum absolute atomic E-state index is 0.157. The molecule has 0 aromatic heterocycles. The van der Waals surface area contributed by atoms with E-state index in [0.29, 0.717) is 13.2 Å². The van der Waals surface area contributed by atoms with E-state index < -0.39 is 0 Å². The number of aryl methyl sites for hydroxylation is 1. The zero-order valence-electron chi connectivity index (χ0n) is 8.09. The van der Waals surface area contributed by atoms with Crippen LogP contribution in [0.1, 0.15) is 11.1 Å². The average Bonchev–Trinajstić information content (AvgIpc) is 2.10. The molecule has 0 bridgehead atoms. The van der Waals surface area contributed by atoms with Crippen molar-refractivity contribution in [3.05, 3.63) is 33.8 Å². The Morgan fingerprint density at radius 1 is 1.50 bits per heavy atom. The molecular weight excluding hydrogens is 244 g/mol. The van der Waals surface area contributed by atoms with Crippen LogP contribution in [-0.2, 0) is 10.2 Å². The fourth-order valence-electron chi connectivity index (χ4n) is 1.85. The topological polar surface area (TPSA) is 29.5 Å². The molecule has 2 nitrogen and oxygen atoms in total. The van der Waals surface area contributed by atoms with Gasteiger partial charge in [-0.15, -0.1) is 0 Å². The van der Waals surface area contributed by atoms with Gasteiger partial charge in [-0.05, 0) is 30.2 Å². The van der Waals surface area contributed by atoms with Gasteiger partial charge in [0.25, 0.3) is 0 Å². The van der Waals surface area contributed by atoms with Gasteiger partial charge in [-0.3, -0.25) is 0 Å². The van der Waals surface area contributed by atoms with Crippen LogP contribution in [0.5, 0.6) is 0 Å². The van der Waals surface area contributed by atoms with Crippen LogP contribution < -0.4 is 0 Å². The van der Waals surface area contributed by atoms with Crippen LogP contribution in [0.25, 0.3) is 0 Å². The van der Waals surface area contributed by atoms with Gasteiger partial charge in [-0.2, -0.15) is 0 Å². The van der Waals surface area contributed by atoms with Crippen LogP contribution in [0.3, 0.4) is 0 Å². The summed E-state index contributed by atoms with van der Waals surface area (Å²) in [7, 11) is 0. The van der Waals surface area contributed by atoms with E-state index in [1.54, 1.807) is 0 Å². The maximum atomic E-state index is 9.41. The van der Waals surface area contributed by atoms with Crippen molar-refractivity contribution < 1.29 is 9.84 Å². The van der Waals surface area contributed by atoms with E-state index in [9.17, 15) is 5.11 Å². The molecule has 1 aliphatic rings. The van der Waals surface area contributed by atoms with E-state index in [1.807, 2.05) is 6.07 Å². The summed E-state index contributed by atoms with van der Waals surface area (Å²) in [5.74, 6) is 0. The molecule has 0 radical (unpaired) electrons. The smallest absolute Gasteiger partial charge is 0.0654 e. The zero-order valence-corrected chi connectivity index (χ0v) is 9.67. The Kier molecular flexibility index (Phi) is 2.64. The number of hydrogen-bond donors (Lipinski definition) is 1. The van der Waals surface area contributed by atoms with Crippen LogP contribution in [0.2, 0.25) is 0 Å². The molecule has 0 spiro atoms. The van der Waals surface area contributed by atoms with Gasteiger partial charge in [0, 0.05) is 4.47 Å². The third kappa shape index (κ3) is 1.49.